The van der Waals surface area contributed by atoms with Gasteiger partial charge in [0.2, 0.25) is 9.84 Å². The Balaban J connectivity index is 1.85. The van der Waals surface area contributed by atoms with Crippen molar-refractivity contribution in [2.75, 3.05) is 14.2 Å². The summed E-state index contributed by atoms with van der Waals surface area (Å²) in [6.45, 7) is 0. The highest BCUT2D eigenvalue weighted by Gasteiger charge is 2.19. The van der Waals surface area contributed by atoms with E-state index in [0.29, 0.717) is 22.2 Å². The fourth-order valence-electron chi connectivity index (χ4n) is 2.29. The van der Waals surface area contributed by atoms with Crippen LogP contribution in [0.15, 0.2) is 51.4 Å². The van der Waals surface area contributed by atoms with Gasteiger partial charge in [-0.1, -0.05) is 0 Å². The lowest BCUT2D eigenvalue weighted by molar-refractivity contribution is 0.355. The van der Waals surface area contributed by atoms with E-state index in [0.717, 1.165) is 10.0 Å². The molecule has 0 aliphatic carbocycles. The van der Waals surface area contributed by atoms with E-state index < -0.39 is 9.84 Å². The Bertz CT molecular complexity index is 1020. The summed E-state index contributed by atoms with van der Waals surface area (Å²) in [5.74, 6) is 1.01. The summed E-state index contributed by atoms with van der Waals surface area (Å²) >= 11 is 4.62. The highest BCUT2D eigenvalue weighted by atomic mass is 79.9. The molecule has 2 aromatic heterocycles. The molecular formula is C17H15BrN2O4S2. The van der Waals surface area contributed by atoms with Gasteiger partial charge in [0.25, 0.3) is 0 Å². The van der Waals surface area contributed by atoms with Crippen molar-refractivity contribution in [2.24, 2.45) is 0 Å². The molecule has 0 radical (unpaired) electrons. The number of pyridine rings is 1. The number of sulfone groups is 1. The van der Waals surface area contributed by atoms with E-state index in [1.807, 2.05) is 12.1 Å². The van der Waals surface area contributed by atoms with Gasteiger partial charge in [-0.05, 0) is 46.3 Å². The third-order valence-electron chi connectivity index (χ3n) is 3.54. The van der Waals surface area contributed by atoms with Crippen LogP contribution in [0.25, 0.3) is 10.6 Å². The van der Waals surface area contributed by atoms with Gasteiger partial charge in [-0.3, -0.25) is 0 Å². The molecule has 0 fully saturated rings. The van der Waals surface area contributed by atoms with Gasteiger partial charge >= 0.3 is 0 Å². The van der Waals surface area contributed by atoms with Gasteiger partial charge in [0, 0.05) is 21.6 Å². The first-order chi connectivity index (χ1) is 12.4. The van der Waals surface area contributed by atoms with Crippen molar-refractivity contribution in [1.29, 1.82) is 0 Å². The third-order valence-corrected chi connectivity index (χ3v) is 6.50. The zero-order chi connectivity index (χ0) is 18.7. The molecule has 0 saturated carbocycles. The molecule has 9 heteroatoms. The summed E-state index contributed by atoms with van der Waals surface area (Å²) in [7, 11) is -0.423. The number of thiazole rings is 1. The van der Waals surface area contributed by atoms with Gasteiger partial charge in [-0.25, -0.2) is 18.4 Å². The van der Waals surface area contributed by atoms with E-state index in [1.165, 1.54) is 23.6 Å². The van der Waals surface area contributed by atoms with Crippen LogP contribution >= 0.6 is 27.3 Å². The normalized spacial score (nSPS) is 11.3. The van der Waals surface area contributed by atoms with Crippen LogP contribution in [-0.2, 0) is 15.6 Å². The molecule has 136 valence electrons. The Labute approximate surface area is 163 Å². The molecule has 2 heterocycles. The molecule has 0 N–H and O–H groups in total. The summed E-state index contributed by atoms with van der Waals surface area (Å²) < 4.78 is 36.2. The fourth-order valence-corrected chi connectivity index (χ4v) is 4.62. The van der Waals surface area contributed by atoms with Gasteiger partial charge < -0.3 is 9.47 Å². The predicted octanol–water partition coefficient (Wildman–Crippen LogP) is 3.96. The Morgan fingerprint density at radius 1 is 1.12 bits per heavy atom. The second-order valence-electron chi connectivity index (χ2n) is 5.29. The minimum absolute atomic E-state index is 0.0290. The van der Waals surface area contributed by atoms with Gasteiger partial charge in [0.1, 0.15) is 5.01 Å². The number of halogens is 1. The molecule has 0 aliphatic rings. The number of hydrogen-bond acceptors (Lipinski definition) is 7. The molecule has 0 saturated heterocycles. The number of nitrogens with zero attached hydrogens (tertiary/aromatic N) is 2. The van der Waals surface area contributed by atoms with Crippen LogP contribution in [0.1, 0.15) is 5.69 Å². The highest BCUT2D eigenvalue weighted by molar-refractivity contribution is 9.10. The molecule has 0 unspecified atom stereocenters. The second kappa shape index (κ2) is 7.73. The molecule has 3 aromatic rings. The lowest BCUT2D eigenvalue weighted by atomic mass is 10.2. The van der Waals surface area contributed by atoms with E-state index >= 15 is 0 Å². The van der Waals surface area contributed by atoms with Gasteiger partial charge in [-0.15, -0.1) is 11.3 Å². The summed E-state index contributed by atoms with van der Waals surface area (Å²) in [5.41, 5.74) is 1.31. The molecule has 26 heavy (non-hydrogen) atoms. The average molecular weight is 455 g/mol. The Morgan fingerprint density at radius 2 is 1.88 bits per heavy atom. The van der Waals surface area contributed by atoms with Crippen molar-refractivity contribution in [3.63, 3.8) is 0 Å². The van der Waals surface area contributed by atoms with Crippen molar-refractivity contribution in [3.05, 3.63) is 52.1 Å². The third kappa shape index (κ3) is 4.05. The fraction of sp³-hybridized carbons (Fsp3) is 0.176. The predicted molar refractivity (Wildman–Crippen MR) is 103 cm³/mol. The molecule has 0 aliphatic heterocycles. The molecule has 0 bridgehead atoms. The van der Waals surface area contributed by atoms with Crippen LogP contribution in [0.5, 0.6) is 11.5 Å². The highest BCUT2D eigenvalue weighted by Crippen LogP contribution is 2.33. The first kappa shape index (κ1) is 18.8. The smallest absolute Gasteiger partial charge is 0.201 e. The van der Waals surface area contributed by atoms with Crippen LogP contribution in [-0.4, -0.2) is 32.6 Å². The number of rotatable bonds is 6. The van der Waals surface area contributed by atoms with Crippen molar-refractivity contribution in [2.45, 2.75) is 10.8 Å². The largest absolute Gasteiger partial charge is 0.493 e. The lowest BCUT2D eigenvalue weighted by Gasteiger charge is -2.08. The van der Waals surface area contributed by atoms with Crippen LogP contribution in [0, 0.1) is 0 Å². The van der Waals surface area contributed by atoms with Crippen LogP contribution in [0.2, 0.25) is 0 Å². The molecule has 0 atom stereocenters. The van der Waals surface area contributed by atoms with E-state index in [9.17, 15) is 8.42 Å². The second-order valence-corrected chi connectivity index (χ2v) is 9.00. The molecule has 1 aromatic carbocycles. The van der Waals surface area contributed by atoms with Crippen LogP contribution in [0.4, 0.5) is 0 Å². The minimum atomic E-state index is -3.55. The lowest BCUT2D eigenvalue weighted by Crippen LogP contribution is -2.07. The van der Waals surface area contributed by atoms with Gasteiger partial charge in [0.05, 0.1) is 25.7 Å². The van der Waals surface area contributed by atoms with Crippen molar-refractivity contribution < 1.29 is 17.9 Å². The number of aromatic nitrogens is 2. The van der Waals surface area contributed by atoms with Gasteiger partial charge in [0.15, 0.2) is 16.5 Å². The molecular weight excluding hydrogens is 440 g/mol. The van der Waals surface area contributed by atoms with E-state index in [1.54, 1.807) is 31.7 Å². The number of ether oxygens (including phenoxy) is 2. The monoisotopic (exact) mass is 454 g/mol. The topological polar surface area (TPSA) is 78.4 Å². The summed E-state index contributed by atoms with van der Waals surface area (Å²) in [6, 6.07) is 8.58. The zero-order valence-corrected chi connectivity index (χ0v) is 17.2. The number of hydrogen-bond donors (Lipinski definition) is 0. The standard InChI is InChI=1S/C17H15BrN2O4S2/c1-23-14-5-3-11(7-15(14)24-2)17-20-13(9-25-17)10-26(21,22)16-6-4-12(18)8-19-16/h3-9H,10H2,1-2H3. The summed E-state index contributed by atoms with van der Waals surface area (Å²) in [6.07, 6.45) is 1.46. The average Bonchev–Trinajstić information content (AvgIpc) is 3.09. The van der Waals surface area contributed by atoms with E-state index in [-0.39, 0.29) is 10.8 Å². The maximum absolute atomic E-state index is 12.5. The summed E-state index contributed by atoms with van der Waals surface area (Å²) in [5, 5.41) is 2.48. The SMILES string of the molecule is COc1ccc(-c2nc(CS(=O)(=O)c3ccc(Br)cn3)cs2)cc1OC. The Kier molecular flexibility index (Phi) is 5.59. The maximum Gasteiger partial charge on any atom is 0.201 e. The molecule has 3 rings (SSSR count). The van der Waals surface area contributed by atoms with Gasteiger partial charge in [-0.2, -0.15) is 0 Å². The molecule has 0 amide bonds. The first-order valence-corrected chi connectivity index (χ1v) is 10.8. The molecule has 6 nitrogen and oxygen atoms in total. The van der Waals surface area contributed by atoms with E-state index in [2.05, 4.69) is 25.9 Å². The van der Waals surface area contributed by atoms with E-state index in [4.69, 9.17) is 9.47 Å². The zero-order valence-electron chi connectivity index (χ0n) is 14.0. The Hall–Kier alpha value is -1.97. The quantitative estimate of drug-likeness (QED) is 0.560. The number of methoxy groups -OCH3 is 2. The van der Waals surface area contributed by atoms with Crippen molar-refractivity contribution >= 4 is 37.1 Å². The minimum Gasteiger partial charge on any atom is -0.493 e. The summed E-state index contributed by atoms with van der Waals surface area (Å²) in [4.78, 5) is 8.41. The Morgan fingerprint density at radius 3 is 2.54 bits per heavy atom. The maximum atomic E-state index is 12.5. The molecule has 0 spiro atoms. The van der Waals surface area contributed by atoms with Crippen LogP contribution in [0.3, 0.4) is 0 Å². The van der Waals surface area contributed by atoms with Crippen LogP contribution < -0.4 is 9.47 Å². The van der Waals surface area contributed by atoms with Crippen molar-refractivity contribution in [3.8, 4) is 22.1 Å². The number of benzene rings is 1. The van der Waals surface area contributed by atoms with Crippen molar-refractivity contribution in [1.82, 2.24) is 9.97 Å². The first-order valence-electron chi connectivity index (χ1n) is 7.44.